The molecule has 30 heavy (non-hydrogen) atoms. The van der Waals surface area contributed by atoms with E-state index in [9.17, 15) is 18.0 Å². The number of nitrogens with one attached hydrogen (secondary N) is 1. The second-order valence-corrected chi connectivity index (χ2v) is 7.34. The van der Waals surface area contributed by atoms with E-state index in [1.165, 1.54) is 17.8 Å². The van der Waals surface area contributed by atoms with Crippen molar-refractivity contribution in [1.82, 2.24) is 24.5 Å². The van der Waals surface area contributed by atoms with Crippen LogP contribution >= 0.6 is 0 Å². The summed E-state index contributed by atoms with van der Waals surface area (Å²) in [6.45, 7) is 2.39. The minimum atomic E-state index is -2.80. The number of alkyl halides is 2. The fraction of sp³-hybridized carbons (Fsp3) is 0.350. The van der Waals surface area contributed by atoms with Gasteiger partial charge in [-0.25, -0.2) is 13.2 Å². The monoisotopic (exact) mass is 418 g/mol. The summed E-state index contributed by atoms with van der Waals surface area (Å²) in [5, 5.41) is 11.2. The second-order valence-electron chi connectivity index (χ2n) is 7.34. The summed E-state index contributed by atoms with van der Waals surface area (Å²) in [6.07, 6.45) is 0.788. The Bertz CT molecular complexity index is 1120. The summed E-state index contributed by atoms with van der Waals surface area (Å²) < 4.78 is 45.5. The predicted molar refractivity (Wildman–Crippen MR) is 105 cm³/mol. The quantitative estimate of drug-likeness (QED) is 0.704. The van der Waals surface area contributed by atoms with Gasteiger partial charge in [-0.1, -0.05) is 0 Å². The van der Waals surface area contributed by atoms with Crippen LogP contribution in [0, 0.1) is 5.82 Å². The number of carbonyl (C=O) groups is 1. The Morgan fingerprint density at radius 3 is 2.67 bits per heavy atom. The molecule has 0 bridgehead atoms. The molecule has 0 saturated heterocycles. The van der Waals surface area contributed by atoms with Gasteiger partial charge in [0, 0.05) is 62.6 Å². The number of amides is 1. The molecular formula is C20H21F3N6O. The van der Waals surface area contributed by atoms with E-state index in [0.29, 0.717) is 30.9 Å². The van der Waals surface area contributed by atoms with Crippen molar-refractivity contribution in [3.8, 4) is 11.1 Å². The molecule has 0 saturated carbocycles. The standard InChI is InChI=1S/C20H21F3N6O/c1-11(30)29-5-4-18-15(10-29)20(26-28(18)3)25-17-7-14(19(22)23)13(6-16(17)21)12-8-24-27(2)9-12/h6-9,19H,4-5,10H2,1-3H3,(H,25,26). The average Bonchev–Trinajstić information content (AvgIpc) is 3.26. The van der Waals surface area contributed by atoms with E-state index in [4.69, 9.17) is 0 Å². The van der Waals surface area contributed by atoms with Crippen LogP contribution in [0.4, 0.5) is 24.7 Å². The zero-order valence-electron chi connectivity index (χ0n) is 16.8. The van der Waals surface area contributed by atoms with Crippen molar-refractivity contribution in [1.29, 1.82) is 0 Å². The van der Waals surface area contributed by atoms with Crippen molar-refractivity contribution in [2.75, 3.05) is 11.9 Å². The molecule has 158 valence electrons. The molecule has 3 aromatic rings. The Balaban J connectivity index is 1.73. The number of hydrogen-bond donors (Lipinski definition) is 1. The van der Waals surface area contributed by atoms with Crippen molar-refractivity contribution in [3.05, 3.63) is 47.2 Å². The topological polar surface area (TPSA) is 68.0 Å². The first kappa shape index (κ1) is 20.0. The van der Waals surface area contributed by atoms with E-state index < -0.39 is 12.2 Å². The molecular weight excluding hydrogens is 397 g/mol. The molecule has 4 rings (SSSR count). The molecule has 0 fully saturated rings. The summed E-state index contributed by atoms with van der Waals surface area (Å²) >= 11 is 0. The molecule has 1 amide bonds. The number of fused-ring (bicyclic) bond motifs is 1. The van der Waals surface area contributed by atoms with Crippen LogP contribution in [-0.4, -0.2) is 36.9 Å². The van der Waals surface area contributed by atoms with E-state index in [0.717, 1.165) is 23.4 Å². The van der Waals surface area contributed by atoms with E-state index in [1.54, 1.807) is 29.9 Å². The maximum absolute atomic E-state index is 14.9. The van der Waals surface area contributed by atoms with Gasteiger partial charge < -0.3 is 10.2 Å². The third kappa shape index (κ3) is 3.53. The van der Waals surface area contributed by atoms with Crippen molar-refractivity contribution < 1.29 is 18.0 Å². The lowest BCUT2D eigenvalue weighted by Crippen LogP contribution is -2.34. The summed E-state index contributed by atoms with van der Waals surface area (Å²) in [5.41, 5.74) is 1.78. The van der Waals surface area contributed by atoms with Crippen molar-refractivity contribution in [2.45, 2.75) is 26.3 Å². The van der Waals surface area contributed by atoms with E-state index in [1.807, 2.05) is 0 Å². The maximum Gasteiger partial charge on any atom is 0.264 e. The number of halogens is 3. The third-order valence-corrected chi connectivity index (χ3v) is 5.33. The number of nitrogens with zero attached hydrogens (tertiary/aromatic N) is 5. The zero-order valence-corrected chi connectivity index (χ0v) is 16.8. The Kier molecular flexibility index (Phi) is 5.00. The normalized spacial score (nSPS) is 13.6. The molecule has 3 heterocycles. The van der Waals surface area contributed by atoms with Gasteiger partial charge in [-0.2, -0.15) is 10.2 Å². The molecule has 0 spiro atoms. The number of carbonyl (C=O) groups excluding carboxylic acids is 1. The van der Waals surface area contributed by atoms with Crippen LogP contribution < -0.4 is 5.32 Å². The highest BCUT2D eigenvalue weighted by Crippen LogP contribution is 2.36. The van der Waals surface area contributed by atoms with Gasteiger partial charge in [0.15, 0.2) is 5.82 Å². The van der Waals surface area contributed by atoms with Crippen LogP contribution in [0.1, 0.15) is 30.2 Å². The van der Waals surface area contributed by atoms with Crippen molar-refractivity contribution in [2.24, 2.45) is 14.1 Å². The molecule has 1 aromatic carbocycles. The van der Waals surface area contributed by atoms with Gasteiger partial charge in [0.1, 0.15) is 5.82 Å². The third-order valence-electron chi connectivity index (χ3n) is 5.33. The molecule has 1 aliphatic heterocycles. The predicted octanol–water partition coefficient (Wildman–Crippen LogP) is 3.55. The molecule has 10 heteroatoms. The maximum atomic E-state index is 14.9. The van der Waals surface area contributed by atoms with Crippen LogP contribution in [0.25, 0.3) is 11.1 Å². The Labute approximate surface area is 171 Å². The number of anilines is 2. The fourth-order valence-corrected chi connectivity index (χ4v) is 3.77. The first-order valence-corrected chi connectivity index (χ1v) is 9.42. The first-order chi connectivity index (χ1) is 14.2. The summed E-state index contributed by atoms with van der Waals surface area (Å²) in [4.78, 5) is 13.4. The highest BCUT2D eigenvalue weighted by atomic mass is 19.3. The van der Waals surface area contributed by atoms with Gasteiger partial charge in [0.2, 0.25) is 5.91 Å². The van der Waals surface area contributed by atoms with Crippen LogP contribution in [0.3, 0.4) is 0 Å². The van der Waals surface area contributed by atoms with Crippen LogP contribution in [0.2, 0.25) is 0 Å². The van der Waals surface area contributed by atoms with E-state index in [-0.39, 0.29) is 22.7 Å². The SMILES string of the molecule is CC(=O)N1CCc2c(c(Nc3cc(C(F)F)c(-c4cnn(C)c4)cc3F)nn2C)C1. The molecule has 0 unspecified atom stereocenters. The summed E-state index contributed by atoms with van der Waals surface area (Å²) in [6, 6.07) is 2.19. The lowest BCUT2D eigenvalue weighted by molar-refractivity contribution is -0.129. The van der Waals surface area contributed by atoms with Gasteiger partial charge in [-0.3, -0.25) is 14.2 Å². The number of aromatic nitrogens is 4. The van der Waals surface area contributed by atoms with Gasteiger partial charge in [-0.15, -0.1) is 0 Å². The van der Waals surface area contributed by atoms with Gasteiger partial charge in [0.05, 0.1) is 18.4 Å². The number of benzene rings is 1. The zero-order chi connectivity index (χ0) is 21.6. The van der Waals surface area contributed by atoms with Crippen molar-refractivity contribution >= 4 is 17.4 Å². The van der Waals surface area contributed by atoms with Gasteiger partial charge in [-0.05, 0) is 17.7 Å². The summed E-state index contributed by atoms with van der Waals surface area (Å²) in [7, 11) is 3.42. The molecule has 0 aliphatic carbocycles. The Hall–Kier alpha value is -3.30. The van der Waals surface area contributed by atoms with Crippen LogP contribution in [0.15, 0.2) is 24.5 Å². The van der Waals surface area contributed by atoms with E-state index in [2.05, 4.69) is 15.5 Å². The van der Waals surface area contributed by atoms with Crippen LogP contribution in [0.5, 0.6) is 0 Å². The van der Waals surface area contributed by atoms with Crippen molar-refractivity contribution in [3.63, 3.8) is 0 Å². The van der Waals surface area contributed by atoms with Gasteiger partial charge >= 0.3 is 0 Å². The molecule has 0 atom stereocenters. The first-order valence-electron chi connectivity index (χ1n) is 9.42. The highest BCUT2D eigenvalue weighted by molar-refractivity contribution is 5.75. The number of aryl methyl sites for hydroxylation is 2. The largest absolute Gasteiger partial charge is 0.338 e. The Morgan fingerprint density at radius 1 is 1.27 bits per heavy atom. The number of rotatable bonds is 4. The fourth-order valence-electron chi connectivity index (χ4n) is 3.77. The average molecular weight is 418 g/mol. The minimum absolute atomic E-state index is 0.0672. The molecule has 0 radical (unpaired) electrons. The summed E-state index contributed by atoms with van der Waals surface area (Å²) in [5.74, 6) is -0.397. The van der Waals surface area contributed by atoms with Gasteiger partial charge in [0.25, 0.3) is 6.43 Å². The smallest absolute Gasteiger partial charge is 0.264 e. The Morgan fingerprint density at radius 2 is 2.03 bits per heavy atom. The molecule has 2 aromatic heterocycles. The molecule has 7 nitrogen and oxygen atoms in total. The minimum Gasteiger partial charge on any atom is -0.338 e. The van der Waals surface area contributed by atoms with E-state index >= 15 is 0 Å². The molecule has 1 N–H and O–H groups in total. The number of hydrogen-bond acceptors (Lipinski definition) is 4. The lowest BCUT2D eigenvalue weighted by atomic mass is 10.0. The van der Waals surface area contributed by atoms with Crippen LogP contribution in [-0.2, 0) is 31.9 Å². The second kappa shape index (κ2) is 7.51. The lowest BCUT2D eigenvalue weighted by Gasteiger charge is -2.26. The highest BCUT2D eigenvalue weighted by Gasteiger charge is 2.26. The molecule has 1 aliphatic rings.